The molecule has 0 saturated carbocycles. The number of para-hydroxylation sites is 1. The fraction of sp³-hybridized carbons (Fsp3) is 0.364. The monoisotopic (exact) mass is 380 g/mol. The average Bonchev–Trinajstić information content (AvgIpc) is 3.37. The van der Waals surface area contributed by atoms with Gasteiger partial charge < -0.3 is 14.8 Å². The lowest BCUT2D eigenvalue weighted by molar-refractivity contribution is -0.124. The molecule has 2 heterocycles. The van der Waals surface area contributed by atoms with Gasteiger partial charge in [0.2, 0.25) is 11.8 Å². The molecule has 146 valence electrons. The Bertz CT molecular complexity index is 816. The Morgan fingerprint density at radius 2 is 1.82 bits per heavy atom. The molecule has 2 aromatic carbocycles. The van der Waals surface area contributed by atoms with E-state index in [2.05, 4.69) is 5.32 Å². The Morgan fingerprint density at radius 1 is 1.07 bits per heavy atom. The molecule has 0 spiro atoms. The molecule has 0 aliphatic carbocycles. The number of nitrogens with zero attached hydrogens (tertiary/aromatic N) is 1. The standard InChI is InChI=1S/C22H24N2O4/c25-21-13-12-20(22(26)23-15-19-7-4-14-27-19)24(21)16-8-10-18(11-9-16)28-17-5-2-1-3-6-17/h1-3,5-6,8-11,19-20H,4,7,12-15H2,(H,23,26). The van der Waals surface area contributed by atoms with Crippen molar-refractivity contribution in [3.8, 4) is 11.5 Å². The molecule has 2 aliphatic rings. The van der Waals surface area contributed by atoms with Gasteiger partial charge in [-0.1, -0.05) is 18.2 Å². The molecule has 6 nitrogen and oxygen atoms in total. The second-order valence-electron chi connectivity index (χ2n) is 7.11. The minimum absolute atomic E-state index is 0.0333. The summed E-state index contributed by atoms with van der Waals surface area (Å²) in [6, 6.07) is 16.3. The fourth-order valence-corrected chi connectivity index (χ4v) is 3.69. The molecule has 6 heteroatoms. The Balaban J connectivity index is 1.42. The third-order valence-electron chi connectivity index (χ3n) is 5.14. The Labute approximate surface area is 164 Å². The molecule has 0 radical (unpaired) electrons. The van der Waals surface area contributed by atoms with Gasteiger partial charge in [-0.2, -0.15) is 0 Å². The van der Waals surface area contributed by atoms with Gasteiger partial charge in [0.05, 0.1) is 6.10 Å². The Morgan fingerprint density at radius 3 is 2.54 bits per heavy atom. The number of carbonyl (C=O) groups excluding carboxylic acids is 2. The summed E-state index contributed by atoms with van der Waals surface area (Å²) in [7, 11) is 0. The van der Waals surface area contributed by atoms with Gasteiger partial charge >= 0.3 is 0 Å². The number of amides is 2. The Kier molecular flexibility index (Phi) is 5.58. The number of ether oxygens (including phenoxy) is 2. The second kappa shape index (κ2) is 8.44. The lowest BCUT2D eigenvalue weighted by Crippen LogP contribution is -2.46. The summed E-state index contributed by atoms with van der Waals surface area (Å²) in [5.74, 6) is 1.28. The maximum absolute atomic E-state index is 12.7. The summed E-state index contributed by atoms with van der Waals surface area (Å²) in [4.78, 5) is 26.7. The van der Waals surface area contributed by atoms with Crippen molar-refractivity contribution < 1.29 is 19.1 Å². The van der Waals surface area contributed by atoms with E-state index in [-0.39, 0.29) is 17.9 Å². The van der Waals surface area contributed by atoms with E-state index in [4.69, 9.17) is 9.47 Å². The molecule has 4 rings (SSSR count). The molecule has 1 N–H and O–H groups in total. The number of anilines is 1. The van der Waals surface area contributed by atoms with Gasteiger partial charge in [-0.15, -0.1) is 0 Å². The zero-order chi connectivity index (χ0) is 19.3. The van der Waals surface area contributed by atoms with Crippen molar-refractivity contribution >= 4 is 17.5 Å². The van der Waals surface area contributed by atoms with Crippen LogP contribution in [-0.2, 0) is 14.3 Å². The molecular formula is C22H24N2O4. The van der Waals surface area contributed by atoms with Crippen LogP contribution in [0.2, 0.25) is 0 Å². The highest BCUT2D eigenvalue weighted by atomic mass is 16.5. The lowest BCUT2D eigenvalue weighted by atomic mass is 10.1. The van der Waals surface area contributed by atoms with Crippen molar-refractivity contribution in [2.75, 3.05) is 18.1 Å². The van der Waals surface area contributed by atoms with E-state index < -0.39 is 6.04 Å². The summed E-state index contributed by atoms with van der Waals surface area (Å²) in [5.41, 5.74) is 0.708. The minimum Gasteiger partial charge on any atom is -0.457 e. The van der Waals surface area contributed by atoms with Crippen LogP contribution in [-0.4, -0.2) is 37.1 Å². The molecule has 2 fully saturated rings. The molecule has 2 saturated heterocycles. The van der Waals surface area contributed by atoms with E-state index in [0.29, 0.717) is 30.8 Å². The Hall–Kier alpha value is -2.86. The number of rotatable bonds is 6. The normalized spacial score (nSPS) is 21.7. The lowest BCUT2D eigenvalue weighted by Gasteiger charge is -2.25. The predicted molar refractivity (Wildman–Crippen MR) is 105 cm³/mol. The van der Waals surface area contributed by atoms with E-state index in [9.17, 15) is 9.59 Å². The molecule has 2 aliphatic heterocycles. The van der Waals surface area contributed by atoms with Gasteiger partial charge in [-0.05, 0) is 55.7 Å². The number of hydrogen-bond acceptors (Lipinski definition) is 4. The zero-order valence-corrected chi connectivity index (χ0v) is 15.7. The van der Waals surface area contributed by atoms with Gasteiger partial charge in [0, 0.05) is 25.3 Å². The molecule has 2 amide bonds. The summed E-state index contributed by atoms with van der Waals surface area (Å²) in [6.45, 7) is 1.26. The van der Waals surface area contributed by atoms with Crippen LogP contribution in [0.1, 0.15) is 25.7 Å². The fourth-order valence-electron chi connectivity index (χ4n) is 3.69. The summed E-state index contributed by atoms with van der Waals surface area (Å²) >= 11 is 0. The topological polar surface area (TPSA) is 67.9 Å². The van der Waals surface area contributed by atoms with Crippen LogP contribution in [0.4, 0.5) is 5.69 Å². The molecule has 2 unspecified atom stereocenters. The maximum Gasteiger partial charge on any atom is 0.243 e. The van der Waals surface area contributed by atoms with Gasteiger partial charge in [-0.25, -0.2) is 0 Å². The number of hydrogen-bond donors (Lipinski definition) is 1. The van der Waals surface area contributed by atoms with Crippen LogP contribution in [0.5, 0.6) is 11.5 Å². The third kappa shape index (κ3) is 4.17. The van der Waals surface area contributed by atoms with E-state index in [1.54, 1.807) is 4.90 Å². The smallest absolute Gasteiger partial charge is 0.243 e. The first-order valence-electron chi connectivity index (χ1n) is 9.75. The summed E-state index contributed by atoms with van der Waals surface area (Å²) in [5, 5.41) is 2.95. The highest BCUT2D eigenvalue weighted by Crippen LogP contribution is 2.30. The quantitative estimate of drug-likeness (QED) is 0.835. The number of benzene rings is 2. The number of carbonyl (C=O) groups is 2. The molecule has 2 atom stereocenters. The predicted octanol–water partition coefficient (Wildman–Crippen LogP) is 3.27. The SMILES string of the molecule is O=C(NCC1CCCO1)C1CCC(=O)N1c1ccc(Oc2ccccc2)cc1. The summed E-state index contributed by atoms with van der Waals surface area (Å²) in [6.07, 6.45) is 2.99. The van der Waals surface area contributed by atoms with Crippen LogP contribution in [0.25, 0.3) is 0 Å². The van der Waals surface area contributed by atoms with E-state index in [0.717, 1.165) is 25.2 Å². The van der Waals surface area contributed by atoms with Crippen LogP contribution in [0, 0.1) is 0 Å². The van der Waals surface area contributed by atoms with Crippen LogP contribution >= 0.6 is 0 Å². The van der Waals surface area contributed by atoms with Gasteiger partial charge in [0.25, 0.3) is 0 Å². The zero-order valence-electron chi connectivity index (χ0n) is 15.7. The average molecular weight is 380 g/mol. The first-order valence-corrected chi connectivity index (χ1v) is 9.75. The van der Waals surface area contributed by atoms with Crippen molar-refractivity contribution in [3.05, 3.63) is 54.6 Å². The molecule has 0 aromatic heterocycles. The van der Waals surface area contributed by atoms with Crippen LogP contribution < -0.4 is 15.0 Å². The van der Waals surface area contributed by atoms with Crippen molar-refractivity contribution in [1.82, 2.24) is 5.32 Å². The van der Waals surface area contributed by atoms with Crippen molar-refractivity contribution in [2.45, 2.75) is 37.8 Å². The summed E-state index contributed by atoms with van der Waals surface area (Å²) < 4.78 is 11.3. The van der Waals surface area contributed by atoms with Crippen molar-refractivity contribution in [3.63, 3.8) is 0 Å². The molecule has 28 heavy (non-hydrogen) atoms. The van der Waals surface area contributed by atoms with E-state index >= 15 is 0 Å². The van der Waals surface area contributed by atoms with E-state index in [1.807, 2.05) is 54.6 Å². The highest BCUT2D eigenvalue weighted by molar-refractivity contribution is 6.03. The highest BCUT2D eigenvalue weighted by Gasteiger charge is 2.37. The first kappa shape index (κ1) is 18.5. The van der Waals surface area contributed by atoms with Crippen molar-refractivity contribution in [1.29, 1.82) is 0 Å². The minimum atomic E-state index is -0.477. The van der Waals surface area contributed by atoms with Gasteiger partial charge in [-0.3, -0.25) is 14.5 Å². The largest absolute Gasteiger partial charge is 0.457 e. The number of nitrogens with one attached hydrogen (secondary N) is 1. The second-order valence-corrected chi connectivity index (χ2v) is 7.11. The molecular weight excluding hydrogens is 356 g/mol. The van der Waals surface area contributed by atoms with Gasteiger partial charge in [0.15, 0.2) is 0 Å². The third-order valence-corrected chi connectivity index (χ3v) is 5.14. The van der Waals surface area contributed by atoms with E-state index in [1.165, 1.54) is 0 Å². The maximum atomic E-state index is 12.7. The van der Waals surface area contributed by atoms with Gasteiger partial charge in [0.1, 0.15) is 17.5 Å². The van der Waals surface area contributed by atoms with Crippen LogP contribution in [0.3, 0.4) is 0 Å². The van der Waals surface area contributed by atoms with Crippen LogP contribution in [0.15, 0.2) is 54.6 Å². The van der Waals surface area contributed by atoms with Crippen molar-refractivity contribution in [2.24, 2.45) is 0 Å². The molecule has 2 aromatic rings. The molecule has 0 bridgehead atoms. The first-order chi connectivity index (χ1) is 13.7.